The summed E-state index contributed by atoms with van der Waals surface area (Å²) >= 11 is 0. The van der Waals surface area contributed by atoms with Gasteiger partial charge in [0.2, 0.25) is 0 Å². The van der Waals surface area contributed by atoms with Crippen LogP contribution in [-0.4, -0.2) is 23.9 Å². The van der Waals surface area contributed by atoms with Crippen molar-refractivity contribution in [3.05, 3.63) is 73.6 Å². The summed E-state index contributed by atoms with van der Waals surface area (Å²) in [6.07, 6.45) is 11.4. The predicted octanol–water partition coefficient (Wildman–Crippen LogP) is 3.95. The number of hydrogen-bond donors (Lipinski definition) is 0. The van der Waals surface area contributed by atoms with Crippen LogP contribution in [0.2, 0.25) is 0 Å². The molecular formula is C20H15N5. The van der Waals surface area contributed by atoms with E-state index in [1.54, 1.807) is 12.4 Å². The number of hydrogen-bond acceptors (Lipinski definition) is 3. The number of rotatable bonds is 2. The van der Waals surface area contributed by atoms with Gasteiger partial charge in [0.05, 0.1) is 23.8 Å². The third-order valence-electron chi connectivity index (χ3n) is 4.55. The Morgan fingerprint density at radius 2 is 1.76 bits per heavy atom. The first-order chi connectivity index (χ1) is 12.3. The molecule has 0 aliphatic heterocycles. The quantitative estimate of drug-likeness (QED) is 0.494. The fourth-order valence-electron chi connectivity index (χ4n) is 3.22. The van der Waals surface area contributed by atoms with Crippen molar-refractivity contribution in [3.8, 4) is 22.5 Å². The Labute approximate surface area is 144 Å². The number of benzene rings is 1. The third kappa shape index (κ3) is 2.21. The average Bonchev–Trinajstić information content (AvgIpc) is 3.25. The van der Waals surface area contributed by atoms with Crippen molar-refractivity contribution in [3.63, 3.8) is 0 Å². The molecule has 0 aliphatic carbocycles. The Kier molecular flexibility index (Phi) is 2.94. The van der Waals surface area contributed by atoms with Crippen LogP contribution < -0.4 is 0 Å². The predicted molar refractivity (Wildman–Crippen MR) is 98.1 cm³/mol. The van der Waals surface area contributed by atoms with E-state index in [0.717, 1.165) is 28.2 Å². The van der Waals surface area contributed by atoms with Crippen LogP contribution >= 0.6 is 0 Å². The SMILES string of the molecule is Cn1ccc2cc(-c3cn4c(-c5ccncc5)cnc4cn3)ccc21. The van der Waals surface area contributed by atoms with Crippen LogP contribution in [0.4, 0.5) is 0 Å². The molecule has 4 heterocycles. The maximum atomic E-state index is 4.60. The van der Waals surface area contributed by atoms with Crippen molar-refractivity contribution in [1.82, 2.24) is 23.9 Å². The second-order valence-corrected chi connectivity index (χ2v) is 6.08. The van der Waals surface area contributed by atoms with E-state index in [1.165, 1.54) is 10.9 Å². The maximum absolute atomic E-state index is 4.60. The van der Waals surface area contributed by atoms with Crippen molar-refractivity contribution in [2.24, 2.45) is 7.05 Å². The summed E-state index contributed by atoms with van der Waals surface area (Å²) in [5.41, 5.74) is 6.17. The van der Waals surface area contributed by atoms with Crippen molar-refractivity contribution < 1.29 is 0 Å². The fourth-order valence-corrected chi connectivity index (χ4v) is 3.22. The largest absolute Gasteiger partial charge is 0.351 e. The Balaban J connectivity index is 1.68. The van der Waals surface area contributed by atoms with Gasteiger partial charge in [-0.3, -0.25) is 14.4 Å². The van der Waals surface area contributed by atoms with Crippen molar-refractivity contribution in [2.45, 2.75) is 0 Å². The van der Waals surface area contributed by atoms with Gasteiger partial charge in [-0.1, -0.05) is 6.07 Å². The number of imidazole rings is 1. The van der Waals surface area contributed by atoms with Crippen LogP contribution in [0.15, 0.2) is 73.6 Å². The molecule has 5 heteroatoms. The molecule has 5 nitrogen and oxygen atoms in total. The van der Waals surface area contributed by atoms with Gasteiger partial charge in [-0.15, -0.1) is 0 Å². The highest BCUT2D eigenvalue weighted by Gasteiger charge is 2.09. The van der Waals surface area contributed by atoms with Crippen molar-refractivity contribution in [1.29, 1.82) is 0 Å². The zero-order valence-corrected chi connectivity index (χ0v) is 13.7. The highest BCUT2D eigenvalue weighted by molar-refractivity contribution is 5.85. The van der Waals surface area contributed by atoms with E-state index in [1.807, 2.05) is 30.7 Å². The van der Waals surface area contributed by atoms with E-state index in [-0.39, 0.29) is 0 Å². The minimum Gasteiger partial charge on any atom is -0.351 e. The first-order valence-corrected chi connectivity index (χ1v) is 8.08. The molecule has 5 rings (SSSR count). The number of pyridine rings is 1. The average molecular weight is 325 g/mol. The molecule has 0 amide bonds. The smallest absolute Gasteiger partial charge is 0.155 e. The Morgan fingerprint density at radius 1 is 0.880 bits per heavy atom. The molecule has 0 saturated carbocycles. The van der Waals surface area contributed by atoms with E-state index >= 15 is 0 Å². The highest BCUT2D eigenvalue weighted by Crippen LogP contribution is 2.26. The second-order valence-electron chi connectivity index (χ2n) is 6.08. The van der Waals surface area contributed by atoms with Crippen LogP contribution in [0.1, 0.15) is 0 Å². The molecule has 120 valence electrons. The lowest BCUT2D eigenvalue weighted by Gasteiger charge is -2.06. The van der Waals surface area contributed by atoms with E-state index in [0.29, 0.717) is 0 Å². The van der Waals surface area contributed by atoms with E-state index in [9.17, 15) is 0 Å². The van der Waals surface area contributed by atoms with Gasteiger partial charge in [0, 0.05) is 53.9 Å². The van der Waals surface area contributed by atoms with Crippen LogP contribution in [-0.2, 0) is 7.05 Å². The fraction of sp³-hybridized carbons (Fsp3) is 0.0500. The first-order valence-electron chi connectivity index (χ1n) is 8.08. The summed E-state index contributed by atoms with van der Waals surface area (Å²) in [4.78, 5) is 13.1. The van der Waals surface area contributed by atoms with Gasteiger partial charge in [-0.25, -0.2) is 4.98 Å². The minimum absolute atomic E-state index is 0.830. The molecule has 1 aromatic carbocycles. The molecule has 0 aliphatic rings. The standard InChI is InChI=1S/C20H15N5/c1-24-9-6-16-10-15(2-3-18(16)24)17-13-25-19(11-23-20(25)12-22-17)14-4-7-21-8-5-14/h2-13H,1H3. The third-order valence-corrected chi connectivity index (χ3v) is 4.55. The molecule has 0 atom stereocenters. The lowest BCUT2D eigenvalue weighted by atomic mass is 10.1. The number of fused-ring (bicyclic) bond motifs is 2. The molecule has 5 aromatic rings. The van der Waals surface area contributed by atoms with Gasteiger partial charge in [0.25, 0.3) is 0 Å². The van der Waals surface area contributed by atoms with Gasteiger partial charge in [-0.2, -0.15) is 0 Å². The topological polar surface area (TPSA) is 48.0 Å². The monoisotopic (exact) mass is 325 g/mol. The van der Waals surface area contributed by atoms with Crippen molar-refractivity contribution >= 4 is 16.6 Å². The molecule has 0 radical (unpaired) electrons. The summed E-state index contributed by atoms with van der Waals surface area (Å²) in [6.45, 7) is 0. The Morgan fingerprint density at radius 3 is 2.64 bits per heavy atom. The first kappa shape index (κ1) is 13.9. The lowest BCUT2D eigenvalue weighted by Crippen LogP contribution is -1.93. The van der Waals surface area contributed by atoms with Crippen LogP contribution in [0.5, 0.6) is 0 Å². The van der Waals surface area contributed by atoms with Crippen LogP contribution in [0.25, 0.3) is 39.1 Å². The summed E-state index contributed by atoms with van der Waals surface area (Å²) < 4.78 is 4.19. The van der Waals surface area contributed by atoms with E-state index in [4.69, 9.17) is 0 Å². The summed E-state index contributed by atoms with van der Waals surface area (Å²) in [5, 5.41) is 1.21. The number of aromatic nitrogens is 5. The molecule has 0 unspecified atom stereocenters. The van der Waals surface area contributed by atoms with Gasteiger partial charge < -0.3 is 4.57 Å². The maximum Gasteiger partial charge on any atom is 0.155 e. The molecule has 0 fully saturated rings. The van der Waals surface area contributed by atoms with Crippen LogP contribution in [0.3, 0.4) is 0 Å². The summed E-state index contributed by atoms with van der Waals surface area (Å²) in [5.74, 6) is 0. The normalized spacial score (nSPS) is 11.4. The summed E-state index contributed by atoms with van der Waals surface area (Å²) in [6, 6.07) is 12.5. The van der Waals surface area contributed by atoms with Crippen molar-refractivity contribution in [2.75, 3.05) is 0 Å². The van der Waals surface area contributed by atoms with E-state index in [2.05, 4.69) is 61.4 Å². The van der Waals surface area contributed by atoms with Crippen LogP contribution in [0, 0.1) is 0 Å². The molecule has 0 N–H and O–H groups in total. The zero-order chi connectivity index (χ0) is 16.8. The molecule has 25 heavy (non-hydrogen) atoms. The molecule has 0 bridgehead atoms. The Bertz CT molecular complexity index is 1200. The summed E-state index contributed by atoms with van der Waals surface area (Å²) in [7, 11) is 2.05. The Hall–Kier alpha value is -3.47. The number of nitrogens with zero attached hydrogens (tertiary/aromatic N) is 5. The van der Waals surface area contributed by atoms with Gasteiger partial charge in [-0.05, 0) is 30.3 Å². The molecule has 4 aromatic heterocycles. The van der Waals surface area contributed by atoms with Gasteiger partial charge in [0.15, 0.2) is 5.65 Å². The minimum atomic E-state index is 0.830. The van der Waals surface area contributed by atoms with Gasteiger partial charge in [0.1, 0.15) is 0 Å². The van der Waals surface area contributed by atoms with E-state index < -0.39 is 0 Å². The number of aryl methyl sites for hydroxylation is 1. The lowest BCUT2D eigenvalue weighted by molar-refractivity contribution is 0.969. The zero-order valence-electron chi connectivity index (χ0n) is 13.7. The highest BCUT2D eigenvalue weighted by atomic mass is 15.0. The molecule has 0 saturated heterocycles. The van der Waals surface area contributed by atoms with Gasteiger partial charge >= 0.3 is 0 Å². The second kappa shape index (κ2) is 5.27. The molecule has 0 spiro atoms. The molecular weight excluding hydrogens is 310 g/mol.